The molecule has 0 atom stereocenters. The zero-order valence-corrected chi connectivity index (χ0v) is 15.9. The number of hydrogen-bond acceptors (Lipinski definition) is 4. The maximum atomic E-state index is 12.4. The van der Waals surface area contributed by atoms with Gasteiger partial charge >= 0.3 is 0 Å². The average Bonchev–Trinajstić information content (AvgIpc) is 2.68. The van der Waals surface area contributed by atoms with Gasteiger partial charge in [-0.05, 0) is 38.0 Å². The number of amides is 1. The van der Waals surface area contributed by atoms with E-state index in [1.165, 1.54) is 11.8 Å². The van der Waals surface area contributed by atoms with Crippen LogP contribution in [0.5, 0.6) is 0 Å². The summed E-state index contributed by atoms with van der Waals surface area (Å²) in [4.78, 5) is 23.4. The number of benzene rings is 2. The normalized spacial score (nSPS) is 10.7. The number of carbonyl (C=O) groups excluding carboxylic acids is 1. The van der Waals surface area contributed by atoms with Gasteiger partial charge in [0.15, 0.2) is 0 Å². The fourth-order valence-electron chi connectivity index (χ4n) is 2.79. The molecule has 27 heavy (non-hydrogen) atoms. The van der Waals surface area contributed by atoms with Crippen molar-refractivity contribution in [3.05, 3.63) is 83.8 Å². The third-order valence-corrected chi connectivity index (χ3v) is 4.38. The van der Waals surface area contributed by atoms with Crippen LogP contribution in [0.15, 0.2) is 67.0 Å². The molecule has 0 spiro atoms. The maximum absolute atomic E-state index is 12.4. The van der Waals surface area contributed by atoms with Crippen LogP contribution >= 0.6 is 0 Å². The molecule has 1 amide bonds. The molecule has 3 rings (SSSR count). The summed E-state index contributed by atoms with van der Waals surface area (Å²) in [6, 6.07) is 18.1. The van der Waals surface area contributed by atoms with E-state index in [1.807, 2.05) is 49.4 Å². The highest BCUT2D eigenvalue weighted by molar-refractivity contribution is 6.03. The van der Waals surface area contributed by atoms with Crippen LogP contribution < -0.4 is 10.2 Å². The quantitative estimate of drug-likeness (QED) is 0.705. The summed E-state index contributed by atoms with van der Waals surface area (Å²) in [5, 5.41) is 2.88. The fourth-order valence-corrected chi connectivity index (χ4v) is 2.79. The summed E-state index contributed by atoms with van der Waals surface area (Å²) in [5.74, 6) is 0.490. The Morgan fingerprint density at radius 2 is 1.70 bits per heavy atom. The number of aryl methyl sites for hydroxylation is 1. The third kappa shape index (κ3) is 4.70. The highest BCUT2D eigenvalue weighted by atomic mass is 16.1. The van der Waals surface area contributed by atoms with Gasteiger partial charge in [0, 0.05) is 18.3 Å². The van der Waals surface area contributed by atoms with E-state index in [1.54, 1.807) is 6.20 Å². The van der Waals surface area contributed by atoms with Gasteiger partial charge in [0.05, 0.1) is 12.4 Å². The molecule has 0 saturated heterocycles. The Morgan fingerprint density at radius 1 is 1.00 bits per heavy atom. The number of hydrogen-bond donors (Lipinski definition) is 1. The molecule has 0 saturated carbocycles. The van der Waals surface area contributed by atoms with E-state index in [9.17, 15) is 4.79 Å². The fraction of sp³-hybridized carbons (Fsp3) is 0.227. The largest absolute Gasteiger partial charge is 0.349 e. The molecule has 0 aliphatic heterocycles. The number of para-hydroxylation sites is 1. The molecule has 0 aliphatic rings. The molecule has 5 nitrogen and oxygen atoms in total. The van der Waals surface area contributed by atoms with Crippen molar-refractivity contribution in [2.24, 2.45) is 0 Å². The summed E-state index contributed by atoms with van der Waals surface area (Å²) >= 11 is 0. The number of anilines is 2. The van der Waals surface area contributed by atoms with Crippen LogP contribution in [-0.4, -0.2) is 21.9 Å². The number of aromatic nitrogens is 2. The van der Waals surface area contributed by atoms with Crippen molar-refractivity contribution in [2.75, 3.05) is 10.2 Å². The van der Waals surface area contributed by atoms with Crippen LogP contribution in [0.3, 0.4) is 0 Å². The Labute approximate surface area is 160 Å². The van der Waals surface area contributed by atoms with Crippen molar-refractivity contribution in [3.63, 3.8) is 0 Å². The second kappa shape index (κ2) is 8.45. The summed E-state index contributed by atoms with van der Waals surface area (Å²) < 4.78 is 0. The van der Waals surface area contributed by atoms with E-state index in [0.717, 1.165) is 23.6 Å². The van der Waals surface area contributed by atoms with Crippen LogP contribution in [0.4, 0.5) is 11.5 Å². The number of carbonyl (C=O) groups is 1. The first kappa shape index (κ1) is 18.6. The van der Waals surface area contributed by atoms with Gasteiger partial charge in [-0.15, -0.1) is 0 Å². The monoisotopic (exact) mass is 360 g/mol. The molecule has 0 aliphatic carbocycles. The smallest absolute Gasteiger partial charge is 0.275 e. The molecule has 1 heterocycles. The van der Waals surface area contributed by atoms with Crippen LogP contribution in [0.1, 0.15) is 35.5 Å². The number of rotatable bonds is 6. The molecule has 0 unspecified atom stereocenters. The second-order valence-electron chi connectivity index (χ2n) is 6.74. The van der Waals surface area contributed by atoms with Gasteiger partial charge in [0.2, 0.25) is 0 Å². The molecule has 138 valence electrons. The summed E-state index contributed by atoms with van der Waals surface area (Å²) in [6.45, 7) is 6.92. The number of nitrogens with zero attached hydrogens (tertiary/aromatic N) is 3. The van der Waals surface area contributed by atoms with Gasteiger partial charge in [0.25, 0.3) is 5.91 Å². The molecule has 2 aromatic carbocycles. The summed E-state index contributed by atoms with van der Waals surface area (Å²) in [7, 11) is 0. The van der Waals surface area contributed by atoms with Crippen LogP contribution in [0.25, 0.3) is 0 Å². The van der Waals surface area contributed by atoms with Gasteiger partial charge in [0.1, 0.15) is 11.5 Å². The van der Waals surface area contributed by atoms with E-state index in [2.05, 4.69) is 46.2 Å². The maximum Gasteiger partial charge on any atom is 0.275 e. The third-order valence-electron chi connectivity index (χ3n) is 4.38. The Bertz CT molecular complexity index is 892. The van der Waals surface area contributed by atoms with Crippen molar-refractivity contribution in [1.29, 1.82) is 0 Å². The van der Waals surface area contributed by atoms with Gasteiger partial charge < -0.3 is 10.2 Å². The molecule has 0 radical (unpaired) electrons. The average molecular weight is 360 g/mol. The Hall–Kier alpha value is -3.21. The molecular weight excluding hydrogens is 336 g/mol. The standard InChI is InChI=1S/C22H24N4O/c1-16(2)26(15-18-10-5-4-6-11-18)21-14-23-20(13-24-21)22(27)25-19-12-8-7-9-17(19)3/h4-14,16H,15H2,1-3H3,(H,25,27). The van der Waals surface area contributed by atoms with Crippen LogP contribution in [0, 0.1) is 6.92 Å². The molecule has 5 heteroatoms. The first-order valence-corrected chi connectivity index (χ1v) is 9.04. The summed E-state index contributed by atoms with van der Waals surface area (Å²) in [5.41, 5.74) is 3.28. The minimum Gasteiger partial charge on any atom is -0.349 e. The lowest BCUT2D eigenvalue weighted by Crippen LogP contribution is -2.31. The Kier molecular flexibility index (Phi) is 5.81. The van der Waals surface area contributed by atoms with E-state index < -0.39 is 0 Å². The van der Waals surface area contributed by atoms with Crippen molar-refractivity contribution in [2.45, 2.75) is 33.4 Å². The van der Waals surface area contributed by atoms with Gasteiger partial charge in [-0.1, -0.05) is 48.5 Å². The van der Waals surface area contributed by atoms with Crippen molar-refractivity contribution in [1.82, 2.24) is 9.97 Å². The molecule has 0 fully saturated rings. The Balaban J connectivity index is 1.74. The minimum absolute atomic E-state index is 0.256. The highest BCUT2D eigenvalue weighted by Gasteiger charge is 2.15. The van der Waals surface area contributed by atoms with Crippen LogP contribution in [-0.2, 0) is 6.54 Å². The van der Waals surface area contributed by atoms with Gasteiger partial charge in [-0.2, -0.15) is 0 Å². The van der Waals surface area contributed by atoms with E-state index in [-0.39, 0.29) is 11.9 Å². The topological polar surface area (TPSA) is 58.1 Å². The van der Waals surface area contributed by atoms with Crippen molar-refractivity contribution < 1.29 is 4.79 Å². The molecule has 1 aromatic heterocycles. The zero-order chi connectivity index (χ0) is 19.2. The highest BCUT2D eigenvalue weighted by Crippen LogP contribution is 2.18. The zero-order valence-electron chi connectivity index (χ0n) is 15.9. The van der Waals surface area contributed by atoms with Gasteiger partial charge in [-0.3, -0.25) is 4.79 Å². The SMILES string of the molecule is Cc1ccccc1NC(=O)c1cnc(N(Cc2ccccc2)C(C)C)cn1. The molecule has 3 aromatic rings. The van der Waals surface area contributed by atoms with Gasteiger partial charge in [-0.25, -0.2) is 9.97 Å². The minimum atomic E-state index is -0.262. The molecule has 0 bridgehead atoms. The Morgan fingerprint density at radius 3 is 2.33 bits per heavy atom. The van der Waals surface area contributed by atoms with Crippen LogP contribution in [0.2, 0.25) is 0 Å². The van der Waals surface area contributed by atoms with E-state index in [0.29, 0.717) is 5.69 Å². The predicted molar refractivity (Wildman–Crippen MR) is 109 cm³/mol. The molecule has 1 N–H and O–H groups in total. The predicted octanol–water partition coefficient (Wildman–Crippen LogP) is 4.45. The summed E-state index contributed by atoms with van der Waals surface area (Å²) in [6.07, 6.45) is 3.19. The lowest BCUT2D eigenvalue weighted by molar-refractivity contribution is 0.102. The second-order valence-corrected chi connectivity index (χ2v) is 6.74. The first-order valence-electron chi connectivity index (χ1n) is 9.04. The lowest BCUT2D eigenvalue weighted by atomic mass is 10.2. The first-order chi connectivity index (χ1) is 13.0. The van der Waals surface area contributed by atoms with E-state index in [4.69, 9.17) is 0 Å². The van der Waals surface area contributed by atoms with Crippen molar-refractivity contribution >= 4 is 17.4 Å². The van der Waals surface area contributed by atoms with Crippen molar-refractivity contribution in [3.8, 4) is 0 Å². The number of nitrogens with one attached hydrogen (secondary N) is 1. The molecular formula is C22H24N4O. The lowest BCUT2D eigenvalue weighted by Gasteiger charge is -2.27. The van der Waals surface area contributed by atoms with E-state index >= 15 is 0 Å².